The summed E-state index contributed by atoms with van der Waals surface area (Å²) in [5, 5.41) is 13.5. The minimum Gasteiger partial charge on any atom is -0.389 e. The van der Waals surface area contributed by atoms with Crippen molar-refractivity contribution in [3.63, 3.8) is 0 Å². The molecule has 1 aliphatic carbocycles. The van der Waals surface area contributed by atoms with Gasteiger partial charge in [0.1, 0.15) is 0 Å². The van der Waals surface area contributed by atoms with Gasteiger partial charge in [-0.15, -0.1) is 0 Å². The Balaban J connectivity index is 1.83. The molecule has 0 atom stereocenters. The zero-order valence-electron chi connectivity index (χ0n) is 10.8. The molecule has 1 aliphatic rings. The van der Waals surface area contributed by atoms with Gasteiger partial charge in [-0.05, 0) is 25.7 Å². The van der Waals surface area contributed by atoms with Crippen molar-refractivity contribution in [1.29, 1.82) is 0 Å². The first-order valence-corrected chi connectivity index (χ1v) is 6.62. The van der Waals surface area contributed by atoms with Crippen LogP contribution in [0, 0.1) is 0 Å². The topological polar surface area (TPSA) is 50.1 Å². The predicted octanol–water partition coefficient (Wildman–Crippen LogP) is 1.86. The Morgan fingerprint density at radius 1 is 1.47 bits per heavy atom. The summed E-state index contributed by atoms with van der Waals surface area (Å²) in [7, 11) is 0. The van der Waals surface area contributed by atoms with Crippen molar-refractivity contribution in [2.24, 2.45) is 0 Å². The van der Waals surface area contributed by atoms with E-state index >= 15 is 0 Å². The molecule has 17 heavy (non-hydrogen) atoms. The van der Waals surface area contributed by atoms with Crippen molar-refractivity contribution in [3.8, 4) is 0 Å². The summed E-state index contributed by atoms with van der Waals surface area (Å²) in [4.78, 5) is 4.20. The van der Waals surface area contributed by atoms with E-state index in [0.717, 1.165) is 19.4 Å². The molecule has 1 fully saturated rings. The number of imidazole rings is 1. The third kappa shape index (κ3) is 3.07. The van der Waals surface area contributed by atoms with E-state index in [1.54, 1.807) is 0 Å². The normalized spacial score (nSPS) is 16.4. The second-order valence-corrected chi connectivity index (χ2v) is 5.06. The molecule has 0 unspecified atom stereocenters. The quantitative estimate of drug-likeness (QED) is 0.761. The second-order valence-electron chi connectivity index (χ2n) is 5.06. The summed E-state index contributed by atoms with van der Waals surface area (Å²) in [5.74, 6) is 0. The first-order chi connectivity index (χ1) is 8.18. The fourth-order valence-electron chi connectivity index (χ4n) is 2.07. The Morgan fingerprint density at radius 3 is 2.76 bits per heavy atom. The van der Waals surface area contributed by atoms with Crippen LogP contribution in [0.5, 0.6) is 0 Å². The third-order valence-electron chi connectivity index (χ3n) is 3.76. The number of nitrogens with one attached hydrogen (secondary N) is 1. The highest BCUT2D eigenvalue weighted by Gasteiger charge is 2.25. The zero-order chi connectivity index (χ0) is 12.3. The minimum atomic E-state index is -0.565. The Morgan fingerprint density at radius 2 is 2.18 bits per heavy atom. The summed E-state index contributed by atoms with van der Waals surface area (Å²) < 4.78 is 2.25. The van der Waals surface area contributed by atoms with Gasteiger partial charge in [0.25, 0.3) is 0 Å². The van der Waals surface area contributed by atoms with Crippen LogP contribution in [0.2, 0.25) is 0 Å². The number of hydrogen-bond acceptors (Lipinski definition) is 3. The number of rotatable bonds is 7. The van der Waals surface area contributed by atoms with Gasteiger partial charge in [0, 0.05) is 25.3 Å². The standard InChI is InChI=1S/C13H23N3O/c1-3-13(17,4-2)9-14-7-12-8-15-10-16(12)11-5-6-11/h8,10-11,14,17H,3-7,9H2,1-2H3. The molecule has 2 N–H and O–H groups in total. The molecular weight excluding hydrogens is 214 g/mol. The summed E-state index contributed by atoms with van der Waals surface area (Å²) in [5.41, 5.74) is 0.659. The van der Waals surface area contributed by atoms with Crippen molar-refractivity contribution < 1.29 is 5.11 Å². The molecule has 0 aliphatic heterocycles. The monoisotopic (exact) mass is 237 g/mol. The van der Waals surface area contributed by atoms with E-state index in [4.69, 9.17) is 0 Å². The van der Waals surface area contributed by atoms with E-state index in [1.807, 2.05) is 26.4 Å². The average Bonchev–Trinajstić information content (AvgIpc) is 3.09. The van der Waals surface area contributed by atoms with Crippen molar-refractivity contribution in [2.45, 2.75) is 57.7 Å². The Hall–Kier alpha value is -0.870. The van der Waals surface area contributed by atoms with E-state index in [9.17, 15) is 5.11 Å². The van der Waals surface area contributed by atoms with Gasteiger partial charge >= 0.3 is 0 Å². The second kappa shape index (κ2) is 5.19. The molecule has 96 valence electrons. The van der Waals surface area contributed by atoms with E-state index in [1.165, 1.54) is 18.5 Å². The summed E-state index contributed by atoms with van der Waals surface area (Å²) in [6.45, 7) is 5.49. The van der Waals surface area contributed by atoms with Gasteiger partial charge in [-0.2, -0.15) is 0 Å². The van der Waals surface area contributed by atoms with Gasteiger partial charge in [0.05, 0.1) is 17.6 Å². The molecule has 0 spiro atoms. The molecule has 1 heterocycles. The first kappa shape index (κ1) is 12.6. The molecule has 0 saturated heterocycles. The molecule has 1 aromatic heterocycles. The smallest absolute Gasteiger partial charge is 0.0951 e. The van der Waals surface area contributed by atoms with E-state index in [-0.39, 0.29) is 0 Å². The summed E-state index contributed by atoms with van der Waals surface area (Å²) >= 11 is 0. The van der Waals surface area contributed by atoms with Gasteiger partial charge in [0.2, 0.25) is 0 Å². The lowest BCUT2D eigenvalue weighted by molar-refractivity contribution is 0.0321. The molecule has 0 radical (unpaired) electrons. The maximum absolute atomic E-state index is 10.2. The fourth-order valence-corrected chi connectivity index (χ4v) is 2.07. The third-order valence-corrected chi connectivity index (χ3v) is 3.76. The zero-order valence-corrected chi connectivity index (χ0v) is 10.8. The highest BCUT2D eigenvalue weighted by molar-refractivity contribution is 5.03. The fraction of sp³-hybridized carbons (Fsp3) is 0.769. The van der Waals surface area contributed by atoms with Crippen LogP contribution in [0.15, 0.2) is 12.5 Å². The molecule has 0 bridgehead atoms. The van der Waals surface area contributed by atoms with Crippen molar-refractivity contribution >= 4 is 0 Å². The summed E-state index contributed by atoms with van der Waals surface area (Å²) in [6.07, 6.45) is 7.97. The average molecular weight is 237 g/mol. The maximum Gasteiger partial charge on any atom is 0.0951 e. The van der Waals surface area contributed by atoms with Gasteiger partial charge < -0.3 is 15.0 Å². The largest absolute Gasteiger partial charge is 0.389 e. The van der Waals surface area contributed by atoms with Crippen LogP contribution in [-0.2, 0) is 6.54 Å². The Kier molecular flexibility index (Phi) is 3.84. The lowest BCUT2D eigenvalue weighted by Crippen LogP contribution is -2.39. The van der Waals surface area contributed by atoms with Crippen molar-refractivity contribution in [2.75, 3.05) is 6.54 Å². The highest BCUT2D eigenvalue weighted by Crippen LogP contribution is 2.35. The van der Waals surface area contributed by atoms with Crippen LogP contribution in [0.4, 0.5) is 0 Å². The van der Waals surface area contributed by atoms with Crippen LogP contribution in [0.1, 0.15) is 51.3 Å². The molecule has 4 heteroatoms. The molecule has 1 aromatic rings. The van der Waals surface area contributed by atoms with Crippen LogP contribution >= 0.6 is 0 Å². The highest BCUT2D eigenvalue weighted by atomic mass is 16.3. The molecule has 0 amide bonds. The van der Waals surface area contributed by atoms with Crippen LogP contribution in [0.3, 0.4) is 0 Å². The van der Waals surface area contributed by atoms with Gasteiger partial charge in [0.15, 0.2) is 0 Å². The van der Waals surface area contributed by atoms with E-state index < -0.39 is 5.60 Å². The number of nitrogens with zero attached hydrogens (tertiary/aromatic N) is 2. The van der Waals surface area contributed by atoms with E-state index in [0.29, 0.717) is 12.6 Å². The minimum absolute atomic E-state index is 0.565. The van der Waals surface area contributed by atoms with Crippen LogP contribution < -0.4 is 5.32 Å². The first-order valence-electron chi connectivity index (χ1n) is 6.62. The van der Waals surface area contributed by atoms with Gasteiger partial charge in [-0.25, -0.2) is 4.98 Å². The van der Waals surface area contributed by atoms with Crippen molar-refractivity contribution in [1.82, 2.24) is 14.9 Å². The molecule has 4 nitrogen and oxygen atoms in total. The van der Waals surface area contributed by atoms with Gasteiger partial charge in [-0.3, -0.25) is 0 Å². The molecule has 2 rings (SSSR count). The SMILES string of the molecule is CCC(O)(CC)CNCc1cncn1C1CC1. The molecular formula is C13H23N3O. The lowest BCUT2D eigenvalue weighted by Gasteiger charge is -2.25. The Bertz CT molecular complexity index is 353. The number of hydrogen-bond donors (Lipinski definition) is 2. The summed E-state index contributed by atoms with van der Waals surface area (Å²) in [6, 6.07) is 0.672. The molecule has 0 aromatic carbocycles. The predicted molar refractivity (Wildman–Crippen MR) is 67.7 cm³/mol. The lowest BCUT2D eigenvalue weighted by atomic mass is 9.98. The number of aliphatic hydroxyl groups is 1. The van der Waals surface area contributed by atoms with Crippen LogP contribution in [0.25, 0.3) is 0 Å². The maximum atomic E-state index is 10.2. The van der Waals surface area contributed by atoms with E-state index in [2.05, 4.69) is 14.9 Å². The number of aromatic nitrogens is 2. The van der Waals surface area contributed by atoms with Crippen molar-refractivity contribution in [3.05, 3.63) is 18.2 Å². The van der Waals surface area contributed by atoms with Crippen LogP contribution in [-0.4, -0.2) is 26.8 Å². The molecule has 1 saturated carbocycles. The Labute approximate surface area is 103 Å². The van der Waals surface area contributed by atoms with Gasteiger partial charge in [-0.1, -0.05) is 13.8 Å².